The van der Waals surface area contributed by atoms with Crippen molar-refractivity contribution in [3.05, 3.63) is 69.2 Å². The fourth-order valence-electron chi connectivity index (χ4n) is 1.71. The number of benzene rings is 2. The Morgan fingerprint density at radius 2 is 1.63 bits per heavy atom. The molecule has 0 atom stereocenters. The molecule has 0 aliphatic rings. The largest absolute Gasteiger partial charge is 0.294 e. The molecule has 0 spiro atoms. The lowest BCUT2D eigenvalue weighted by Crippen LogP contribution is -2.05. The van der Waals surface area contributed by atoms with Crippen molar-refractivity contribution in [1.82, 2.24) is 0 Å². The van der Waals surface area contributed by atoms with Crippen molar-refractivity contribution in [1.29, 1.82) is 0 Å². The van der Waals surface area contributed by atoms with Crippen LogP contribution in [0.5, 0.6) is 0 Å². The first kappa shape index (κ1) is 14.0. The minimum absolute atomic E-state index is 0.129. The molecule has 0 radical (unpaired) electrons. The zero-order valence-corrected chi connectivity index (χ0v) is 11.1. The van der Waals surface area contributed by atoms with Gasteiger partial charge in [0.2, 0.25) is 0 Å². The van der Waals surface area contributed by atoms with E-state index in [0.717, 1.165) is 18.2 Å². The molecule has 0 amide bonds. The normalized spacial score (nSPS) is 10.5. The molecule has 0 N–H and O–H groups in total. The van der Waals surface area contributed by atoms with Gasteiger partial charge in [-0.1, -0.05) is 23.2 Å². The zero-order valence-electron chi connectivity index (χ0n) is 9.59. The zero-order chi connectivity index (χ0) is 14.0. The lowest BCUT2D eigenvalue weighted by molar-refractivity contribution is 0.0993. The smallest absolute Gasteiger partial charge is 0.168 e. The van der Waals surface area contributed by atoms with Crippen LogP contribution < -0.4 is 0 Å². The highest BCUT2D eigenvalue weighted by Gasteiger charge is 2.12. The molecule has 0 aliphatic carbocycles. The Morgan fingerprint density at radius 3 is 2.21 bits per heavy atom. The molecular weight excluding hydrogens is 293 g/mol. The Balaban J connectivity index is 2.25. The van der Waals surface area contributed by atoms with E-state index in [2.05, 4.69) is 0 Å². The highest BCUT2D eigenvalue weighted by Crippen LogP contribution is 2.22. The van der Waals surface area contributed by atoms with Gasteiger partial charge in [0.25, 0.3) is 0 Å². The van der Waals surface area contributed by atoms with Crippen LogP contribution in [0.2, 0.25) is 10.0 Å². The fourth-order valence-corrected chi connectivity index (χ4v) is 2.22. The van der Waals surface area contributed by atoms with E-state index >= 15 is 0 Å². The van der Waals surface area contributed by atoms with Gasteiger partial charge in [-0.15, -0.1) is 0 Å². The lowest BCUT2D eigenvalue weighted by Gasteiger charge is -2.05. The summed E-state index contributed by atoms with van der Waals surface area (Å²) in [5.74, 6) is -1.76. The average molecular weight is 301 g/mol. The Kier molecular flexibility index (Phi) is 4.17. The predicted molar refractivity (Wildman–Crippen MR) is 70.9 cm³/mol. The summed E-state index contributed by atoms with van der Waals surface area (Å²) < 4.78 is 26.0. The van der Waals surface area contributed by atoms with E-state index in [1.165, 1.54) is 18.2 Å². The predicted octanol–water partition coefficient (Wildman–Crippen LogP) is 4.70. The Hall–Kier alpha value is -1.45. The van der Waals surface area contributed by atoms with Gasteiger partial charge in [-0.3, -0.25) is 4.79 Å². The molecule has 0 fully saturated rings. The molecule has 2 aromatic carbocycles. The van der Waals surface area contributed by atoms with Crippen LogP contribution >= 0.6 is 23.2 Å². The maximum absolute atomic E-state index is 13.0. The molecule has 2 rings (SSSR count). The molecule has 98 valence electrons. The first-order chi connectivity index (χ1) is 8.95. The maximum atomic E-state index is 13.0. The van der Waals surface area contributed by atoms with E-state index in [4.69, 9.17) is 23.2 Å². The van der Waals surface area contributed by atoms with Gasteiger partial charge >= 0.3 is 0 Å². The van der Waals surface area contributed by atoms with E-state index in [0.29, 0.717) is 5.02 Å². The molecule has 0 saturated heterocycles. The van der Waals surface area contributed by atoms with E-state index in [1.54, 1.807) is 0 Å². The lowest BCUT2D eigenvalue weighted by atomic mass is 10.0. The van der Waals surface area contributed by atoms with Gasteiger partial charge in [-0.05, 0) is 35.9 Å². The summed E-state index contributed by atoms with van der Waals surface area (Å²) >= 11 is 11.6. The Bertz CT molecular complexity index is 621. The molecule has 0 aliphatic heterocycles. The van der Waals surface area contributed by atoms with Gasteiger partial charge in [0, 0.05) is 23.1 Å². The summed E-state index contributed by atoms with van der Waals surface area (Å²) in [4.78, 5) is 12.0. The SMILES string of the molecule is O=C(Cc1cc(F)cc(F)c1)c1ccc(Cl)cc1Cl. The molecule has 2 aromatic rings. The van der Waals surface area contributed by atoms with Gasteiger partial charge in [-0.2, -0.15) is 0 Å². The third kappa shape index (κ3) is 3.52. The Morgan fingerprint density at radius 1 is 1.00 bits per heavy atom. The number of halogens is 4. The van der Waals surface area contributed by atoms with E-state index in [-0.39, 0.29) is 28.4 Å². The second-order valence-corrected chi connectivity index (χ2v) is 4.85. The summed E-state index contributed by atoms with van der Waals surface area (Å²) in [6.07, 6.45) is -0.129. The van der Waals surface area contributed by atoms with Crippen LogP contribution in [-0.4, -0.2) is 5.78 Å². The van der Waals surface area contributed by atoms with E-state index in [1.807, 2.05) is 0 Å². The van der Waals surface area contributed by atoms with Crippen LogP contribution in [0.3, 0.4) is 0 Å². The van der Waals surface area contributed by atoms with Crippen molar-refractivity contribution in [3.8, 4) is 0 Å². The fraction of sp³-hybridized carbons (Fsp3) is 0.0714. The third-order valence-electron chi connectivity index (χ3n) is 2.52. The Labute approximate surface area is 118 Å². The molecule has 5 heteroatoms. The standard InChI is InChI=1S/C14H8Cl2F2O/c15-9-1-2-12(13(16)6-9)14(19)5-8-3-10(17)7-11(18)4-8/h1-4,6-7H,5H2. The average Bonchev–Trinajstić information content (AvgIpc) is 2.26. The minimum atomic E-state index is -0.718. The maximum Gasteiger partial charge on any atom is 0.168 e. The molecule has 19 heavy (non-hydrogen) atoms. The highest BCUT2D eigenvalue weighted by atomic mass is 35.5. The first-order valence-electron chi connectivity index (χ1n) is 5.39. The molecule has 0 bridgehead atoms. The molecule has 0 unspecified atom stereocenters. The number of hydrogen-bond acceptors (Lipinski definition) is 1. The van der Waals surface area contributed by atoms with Gasteiger partial charge in [0.05, 0.1) is 5.02 Å². The number of Topliss-reactive ketones (excluding diaryl/α,β-unsaturated/α-hetero) is 1. The van der Waals surface area contributed by atoms with E-state index < -0.39 is 11.6 Å². The van der Waals surface area contributed by atoms with Crippen molar-refractivity contribution < 1.29 is 13.6 Å². The van der Waals surface area contributed by atoms with Crippen molar-refractivity contribution in [2.75, 3.05) is 0 Å². The topological polar surface area (TPSA) is 17.1 Å². The van der Waals surface area contributed by atoms with Crippen molar-refractivity contribution >= 4 is 29.0 Å². The number of rotatable bonds is 3. The summed E-state index contributed by atoms with van der Waals surface area (Å²) in [5, 5.41) is 0.632. The van der Waals surface area contributed by atoms with Crippen LogP contribution in [0, 0.1) is 11.6 Å². The van der Waals surface area contributed by atoms with Crippen molar-refractivity contribution in [2.45, 2.75) is 6.42 Å². The second kappa shape index (κ2) is 5.68. The van der Waals surface area contributed by atoms with Gasteiger partial charge < -0.3 is 0 Å². The molecule has 0 saturated carbocycles. The number of carbonyl (C=O) groups excluding carboxylic acids is 1. The minimum Gasteiger partial charge on any atom is -0.294 e. The molecular formula is C14H8Cl2F2O. The molecule has 0 heterocycles. The highest BCUT2D eigenvalue weighted by molar-refractivity contribution is 6.36. The van der Waals surface area contributed by atoms with Crippen LogP contribution in [0.1, 0.15) is 15.9 Å². The quantitative estimate of drug-likeness (QED) is 0.751. The van der Waals surface area contributed by atoms with E-state index in [9.17, 15) is 13.6 Å². The molecule has 0 aromatic heterocycles. The van der Waals surface area contributed by atoms with Crippen molar-refractivity contribution in [2.24, 2.45) is 0 Å². The monoisotopic (exact) mass is 300 g/mol. The summed E-state index contributed by atoms with van der Waals surface area (Å²) in [5.41, 5.74) is 0.532. The van der Waals surface area contributed by atoms with Crippen LogP contribution in [0.4, 0.5) is 8.78 Å². The summed E-state index contributed by atoms with van der Waals surface area (Å²) in [6, 6.07) is 7.46. The number of carbonyl (C=O) groups is 1. The third-order valence-corrected chi connectivity index (χ3v) is 3.07. The molecule has 1 nitrogen and oxygen atoms in total. The number of hydrogen-bond donors (Lipinski definition) is 0. The summed E-state index contributed by atoms with van der Waals surface area (Å²) in [7, 11) is 0. The van der Waals surface area contributed by atoms with Crippen molar-refractivity contribution in [3.63, 3.8) is 0 Å². The summed E-state index contributed by atoms with van der Waals surface area (Å²) in [6.45, 7) is 0. The number of ketones is 1. The van der Waals surface area contributed by atoms with Gasteiger partial charge in [0.15, 0.2) is 5.78 Å². The first-order valence-corrected chi connectivity index (χ1v) is 6.14. The van der Waals surface area contributed by atoms with Crippen LogP contribution in [0.15, 0.2) is 36.4 Å². The second-order valence-electron chi connectivity index (χ2n) is 4.00. The van der Waals surface area contributed by atoms with Gasteiger partial charge in [0.1, 0.15) is 11.6 Å². The van der Waals surface area contributed by atoms with Gasteiger partial charge in [-0.25, -0.2) is 8.78 Å². The van der Waals surface area contributed by atoms with Crippen LogP contribution in [0.25, 0.3) is 0 Å². The van der Waals surface area contributed by atoms with Crippen LogP contribution in [-0.2, 0) is 6.42 Å².